The highest BCUT2D eigenvalue weighted by Gasteiger charge is 2.16. The summed E-state index contributed by atoms with van der Waals surface area (Å²) in [6, 6.07) is 2.54. The second kappa shape index (κ2) is 5.09. The van der Waals surface area contributed by atoms with Gasteiger partial charge in [0.05, 0.1) is 5.52 Å². The van der Waals surface area contributed by atoms with Gasteiger partial charge >= 0.3 is 0 Å². The number of pyridine rings is 1. The molecule has 1 atom stereocenters. The molecule has 0 aromatic carbocycles. The minimum absolute atomic E-state index is 0.435. The molecule has 3 heterocycles. The molecule has 1 aliphatic heterocycles. The van der Waals surface area contributed by atoms with E-state index in [0.717, 1.165) is 36.4 Å². The van der Waals surface area contributed by atoms with E-state index in [4.69, 9.17) is 0 Å². The Kier molecular flexibility index (Phi) is 3.29. The van der Waals surface area contributed by atoms with Gasteiger partial charge in [0.15, 0.2) is 5.82 Å². The van der Waals surface area contributed by atoms with Crippen LogP contribution in [0.4, 0.5) is 5.82 Å². The summed E-state index contributed by atoms with van der Waals surface area (Å²) in [5, 5.41) is 6.79. The fraction of sp³-hybridized carbons (Fsp3) is 0.500. The molecule has 1 fully saturated rings. The summed E-state index contributed by atoms with van der Waals surface area (Å²) in [6.45, 7) is 6.36. The van der Waals surface area contributed by atoms with Crippen molar-refractivity contribution in [1.82, 2.24) is 20.3 Å². The molecule has 0 saturated carbocycles. The van der Waals surface area contributed by atoms with Crippen molar-refractivity contribution in [3.63, 3.8) is 0 Å². The van der Waals surface area contributed by atoms with Crippen molar-refractivity contribution < 1.29 is 0 Å². The van der Waals surface area contributed by atoms with Crippen molar-refractivity contribution in [3.05, 3.63) is 24.2 Å². The molecule has 5 heteroatoms. The molecule has 2 N–H and O–H groups in total. The van der Waals surface area contributed by atoms with Crippen LogP contribution in [0.1, 0.15) is 31.7 Å². The fourth-order valence-electron chi connectivity index (χ4n) is 2.35. The van der Waals surface area contributed by atoms with E-state index in [1.165, 1.54) is 5.56 Å². The van der Waals surface area contributed by atoms with Crippen LogP contribution in [0.2, 0.25) is 0 Å². The minimum Gasteiger partial charge on any atom is -0.364 e. The van der Waals surface area contributed by atoms with Crippen molar-refractivity contribution in [3.8, 4) is 0 Å². The normalized spacial score (nSPS) is 19.2. The second-order valence-corrected chi connectivity index (χ2v) is 5.35. The molecule has 3 rings (SSSR count). The number of nitrogens with zero attached hydrogens (tertiary/aromatic N) is 3. The quantitative estimate of drug-likeness (QED) is 0.879. The van der Waals surface area contributed by atoms with E-state index >= 15 is 0 Å². The Morgan fingerprint density at radius 1 is 1.32 bits per heavy atom. The Bertz CT molecular complexity index is 575. The second-order valence-electron chi connectivity index (χ2n) is 5.35. The average Bonchev–Trinajstić information content (AvgIpc) is 2.91. The van der Waals surface area contributed by atoms with Crippen molar-refractivity contribution in [2.24, 2.45) is 0 Å². The molecule has 0 bridgehead atoms. The molecule has 0 spiro atoms. The highest BCUT2D eigenvalue weighted by molar-refractivity contribution is 5.85. The Morgan fingerprint density at radius 2 is 2.21 bits per heavy atom. The van der Waals surface area contributed by atoms with Gasteiger partial charge in [-0.15, -0.1) is 0 Å². The number of rotatable bonds is 3. The summed E-state index contributed by atoms with van der Waals surface area (Å²) in [6.07, 6.45) is 4.66. The number of fused-ring (bicyclic) bond motifs is 1. The average molecular weight is 257 g/mol. The first-order chi connectivity index (χ1) is 9.24. The number of aromatic nitrogens is 3. The van der Waals surface area contributed by atoms with Crippen LogP contribution < -0.4 is 10.6 Å². The van der Waals surface area contributed by atoms with Gasteiger partial charge in [-0.05, 0) is 30.5 Å². The first-order valence-corrected chi connectivity index (χ1v) is 6.82. The van der Waals surface area contributed by atoms with Crippen LogP contribution >= 0.6 is 0 Å². The van der Waals surface area contributed by atoms with Crippen LogP contribution in [0.3, 0.4) is 0 Å². The lowest BCUT2D eigenvalue weighted by molar-refractivity contribution is 0.788. The van der Waals surface area contributed by atoms with Gasteiger partial charge in [0.1, 0.15) is 11.8 Å². The van der Waals surface area contributed by atoms with Gasteiger partial charge < -0.3 is 10.6 Å². The topological polar surface area (TPSA) is 62.7 Å². The molecular weight excluding hydrogens is 238 g/mol. The predicted molar refractivity (Wildman–Crippen MR) is 76.3 cm³/mol. The van der Waals surface area contributed by atoms with Crippen LogP contribution in [0.5, 0.6) is 0 Å². The Labute approximate surface area is 112 Å². The molecular formula is C14H19N5. The van der Waals surface area contributed by atoms with Crippen LogP contribution in [0.25, 0.3) is 11.0 Å². The maximum atomic E-state index is 4.54. The molecule has 100 valence electrons. The number of hydrogen-bond acceptors (Lipinski definition) is 5. The van der Waals surface area contributed by atoms with E-state index < -0.39 is 0 Å². The Morgan fingerprint density at radius 3 is 2.95 bits per heavy atom. The van der Waals surface area contributed by atoms with Crippen molar-refractivity contribution in [2.75, 3.05) is 18.4 Å². The molecule has 0 aliphatic carbocycles. The number of anilines is 1. The molecule has 5 nitrogen and oxygen atoms in total. The minimum atomic E-state index is 0.435. The zero-order valence-electron chi connectivity index (χ0n) is 11.3. The maximum absolute atomic E-state index is 4.54. The number of nitrogens with one attached hydrogen (secondary N) is 2. The van der Waals surface area contributed by atoms with E-state index in [-0.39, 0.29) is 0 Å². The monoisotopic (exact) mass is 257 g/mol. The highest BCUT2D eigenvalue weighted by atomic mass is 15.1. The Hall–Kier alpha value is -1.75. The van der Waals surface area contributed by atoms with E-state index in [1.54, 1.807) is 6.33 Å². The van der Waals surface area contributed by atoms with E-state index in [0.29, 0.717) is 12.0 Å². The van der Waals surface area contributed by atoms with Gasteiger partial charge in [0.25, 0.3) is 0 Å². The smallest absolute Gasteiger partial charge is 0.156 e. The molecule has 0 radical (unpaired) electrons. The van der Waals surface area contributed by atoms with Gasteiger partial charge in [-0.25, -0.2) is 9.97 Å². The summed E-state index contributed by atoms with van der Waals surface area (Å²) in [7, 11) is 0. The zero-order chi connectivity index (χ0) is 13.2. The van der Waals surface area contributed by atoms with Crippen molar-refractivity contribution >= 4 is 16.9 Å². The van der Waals surface area contributed by atoms with Crippen molar-refractivity contribution in [1.29, 1.82) is 0 Å². The maximum Gasteiger partial charge on any atom is 0.156 e. The standard InChI is InChI=1S/C14H19N5/c1-9(2)10-5-12-13(16-6-10)14(18-8-17-12)19-11-3-4-15-7-11/h5-6,8-9,11,15H,3-4,7H2,1-2H3,(H,17,18,19). The fourth-order valence-corrected chi connectivity index (χ4v) is 2.35. The van der Waals surface area contributed by atoms with E-state index in [9.17, 15) is 0 Å². The summed E-state index contributed by atoms with van der Waals surface area (Å²) < 4.78 is 0. The molecule has 1 aliphatic rings. The van der Waals surface area contributed by atoms with Gasteiger partial charge in [-0.1, -0.05) is 13.8 Å². The number of hydrogen-bond donors (Lipinski definition) is 2. The molecule has 2 aromatic heterocycles. The largest absolute Gasteiger partial charge is 0.364 e. The first kappa shape index (κ1) is 12.3. The van der Waals surface area contributed by atoms with Gasteiger partial charge in [0.2, 0.25) is 0 Å². The molecule has 0 amide bonds. The highest BCUT2D eigenvalue weighted by Crippen LogP contribution is 2.22. The molecule has 1 unspecified atom stereocenters. The molecule has 2 aromatic rings. The third-order valence-electron chi connectivity index (χ3n) is 3.56. The van der Waals surface area contributed by atoms with Crippen molar-refractivity contribution in [2.45, 2.75) is 32.2 Å². The summed E-state index contributed by atoms with van der Waals surface area (Å²) in [5.41, 5.74) is 2.98. The van der Waals surface area contributed by atoms with Gasteiger partial charge in [-0.2, -0.15) is 0 Å². The van der Waals surface area contributed by atoms with Crippen LogP contribution in [-0.4, -0.2) is 34.1 Å². The van der Waals surface area contributed by atoms with E-state index in [1.807, 2.05) is 6.20 Å². The first-order valence-electron chi connectivity index (χ1n) is 6.82. The summed E-state index contributed by atoms with van der Waals surface area (Å²) in [4.78, 5) is 13.2. The Balaban J connectivity index is 1.95. The van der Waals surface area contributed by atoms with Crippen LogP contribution in [-0.2, 0) is 0 Å². The van der Waals surface area contributed by atoms with Gasteiger partial charge in [0, 0.05) is 18.8 Å². The lowest BCUT2D eigenvalue weighted by Crippen LogP contribution is -2.23. The predicted octanol–water partition coefficient (Wildman–Crippen LogP) is 1.92. The SMILES string of the molecule is CC(C)c1cnc2c(NC3CCNC3)ncnc2c1. The lowest BCUT2D eigenvalue weighted by Gasteiger charge is -2.13. The summed E-state index contributed by atoms with van der Waals surface area (Å²) in [5.74, 6) is 1.30. The van der Waals surface area contributed by atoms with Gasteiger partial charge in [-0.3, -0.25) is 4.98 Å². The molecule has 1 saturated heterocycles. The summed E-state index contributed by atoms with van der Waals surface area (Å²) >= 11 is 0. The molecule has 19 heavy (non-hydrogen) atoms. The third kappa shape index (κ3) is 2.51. The zero-order valence-corrected chi connectivity index (χ0v) is 11.3. The van der Waals surface area contributed by atoms with Crippen LogP contribution in [0.15, 0.2) is 18.6 Å². The van der Waals surface area contributed by atoms with Crippen LogP contribution in [0, 0.1) is 0 Å². The lowest BCUT2D eigenvalue weighted by atomic mass is 10.1. The third-order valence-corrected chi connectivity index (χ3v) is 3.56. The van der Waals surface area contributed by atoms with E-state index in [2.05, 4.69) is 45.5 Å².